The molecule has 0 saturated carbocycles. The lowest BCUT2D eigenvalue weighted by atomic mass is 10.1. The number of aryl methyl sites for hydroxylation is 1. The van der Waals surface area contributed by atoms with E-state index >= 15 is 0 Å². The topological polar surface area (TPSA) is 61.4 Å². The molecule has 0 atom stereocenters. The normalized spacial score (nSPS) is 11.6. The lowest BCUT2D eigenvalue weighted by molar-refractivity contribution is 1.03. The summed E-state index contributed by atoms with van der Waals surface area (Å²) in [4.78, 5) is 20.3. The van der Waals surface area contributed by atoms with Crippen molar-refractivity contribution in [3.63, 3.8) is 0 Å². The molecule has 0 fully saturated rings. The Labute approximate surface area is 294 Å². The Morgan fingerprint density at radius 3 is 1.45 bits per heavy atom. The van der Waals surface area contributed by atoms with Crippen molar-refractivity contribution in [1.82, 2.24) is 29.1 Å². The summed E-state index contributed by atoms with van der Waals surface area (Å²) in [7, 11) is 0. The van der Waals surface area contributed by atoms with E-state index < -0.39 is 0 Å². The summed E-state index contributed by atoms with van der Waals surface area (Å²) in [6.07, 6.45) is 0. The third kappa shape index (κ3) is 4.72. The first-order valence-corrected chi connectivity index (χ1v) is 17.1. The molecule has 0 spiro atoms. The molecule has 0 unspecified atom stereocenters. The highest BCUT2D eigenvalue weighted by atomic mass is 15.1. The number of aromatic nitrogens is 6. The number of benzene rings is 6. The van der Waals surface area contributed by atoms with Crippen molar-refractivity contribution < 1.29 is 0 Å². The molecule has 0 aliphatic carbocycles. The van der Waals surface area contributed by atoms with Crippen molar-refractivity contribution in [3.05, 3.63) is 169 Å². The molecular weight excluding hydrogens is 625 g/mol. The van der Waals surface area contributed by atoms with E-state index in [-0.39, 0.29) is 0 Å². The van der Waals surface area contributed by atoms with Gasteiger partial charge in [0.05, 0.1) is 22.1 Å². The molecule has 51 heavy (non-hydrogen) atoms. The minimum atomic E-state index is 0.525. The van der Waals surface area contributed by atoms with Crippen molar-refractivity contribution in [2.75, 3.05) is 0 Å². The Kier molecular flexibility index (Phi) is 6.61. The van der Waals surface area contributed by atoms with Crippen LogP contribution in [0.25, 0.3) is 89.4 Å². The molecule has 0 amide bonds. The van der Waals surface area contributed by atoms with Crippen molar-refractivity contribution in [2.24, 2.45) is 0 Å². The van der Waals surface area contributed by atoms with E-state index in [1.807, 2.05) is 60.7 Å². The van der Waals surface area contributed by atoms with Gasteiger partial charge in [-0.3, -0.25) is 4.57 Å². The zero-order valence-electron chi connectivity index (χ0n) is 27.8. The third-order valence-electron chi connectivity index (χ3n) is 9.60. The van der Waals surface area contributed by atoms with Gasteiger partial charge in [0.25, 0.3) is 0 Å². The Bertz CT molecular complexity index is 2850. The lowest BCUT2D eigenvalue weighted by Crippen LogP contribution is -2.05. The second-order valence-corrected chi connectivity index (χ2v) is 12.8. The molecule has 10 rings (SSSR count). The summed E-state index contributed by atoms with van der Waals surface area (Å²) in [5, 5.41) is 4.74. The number of hydrogen-bond donors (Lipinski definition) is 0. The van der Waals surface area contributed by atoms with Crippen LogP contribution in [0, 0.1) is 6.92 Å². The highest BCUT2D eigenvalue weighted by Crippen LogP contribution is 2.41. The average Bonchev–Trinajstić information content (AvgIpc) is 3.72. The quantitative estimate of drug-likeness (QED) is 0.185. The molecule has 6 nitrogen and oxygen atoms in total. The van der Waals surface area contributed by atoms with Crippen LogP contribution in [0.3, 0.4) is 0 Å². The molecule has 0 radical (unpaired) electrons. The minimum Gasteiger partial charge on any atom is -0.307 e. The largest absolute Gasteiger partial charge is 0.307 e. The van der Waals surface area contributed by atoms with Crippen molar-refractivity contribution in [2.45, 2.75) is 6.92 Å². The second kappa shape index (κ2) is 11.6. The number of para-hydroxylation sites is 3. The summed E-state index contributed by atoms with van der Waals surface area (Å²) in [5.74, 6) is 2.54. The Morgan fingerprint density at radius 1 is 0.392 bits per heavy atom. The maximum atomic E-state index is 5.38. The smallest absolute Gasteiger partial charge is 0.182 e. The van der Waals surface area contributed by atoms with Gasteiger partial charge in [-0.25, -0.2) is 19.9 Å². The fraction of sp³-hybridized carbons (Fsp3) is 0.0222. The highest BCUT2D eigenvalue weighted by molar-refractivity contribution is 6.23. The fourth-order valence-corrected chi connectivity index (χ4v) is 7.39. The number of fused-ring (bicyclic) bond motifs is 7. The van der Waals surface area contributed by atoms with Crippen LogP contribution in [0.5, 0.6) is 0 Å². The molecule has 4 aromatic heterocycles. The summed E-state index contributed by atoms with van der Waals surface area (Å²) < 4.78 is 4.71. The molecule has 0 aliphatic rings. The van der Waals surface area contributed by atoms with E-state index in [2.05, 4.69) is 119 Å². The molecular formula is C45H30N6. The molecule has 10 aromatic rings. The number of hydrogen-bond acceptors (Lipinski definition) is 4. The zero-order chi connectivity index (χ0) is 33.9. The van der Waals surface area contributed by atoms with E-state index in [1.54, 1.807) is 0 Å². The molecule has 4 heterocycles. The van der Waals surface area contributed by atoms with Crippen LogP contribution in [0.1, 0.15) is 5.56 Å². The predicted octanol–water partition coefficient (Wildman–Crippen LogP) is 10.8. The Hall–Kier alpha value is -6.92. The average molecular weight is 655 g/mol. The first kappa shape index (κ1) is 29.0. The van der Waals surface area contributed by atoms with Crippen LogP contribution in [0.15, 0.2) is 164 Å². The van der Waals surface area contributed by atoms with Crippen LogP contribution in [-0.2, 0) is 0 Å². The summed E-state index contributed by atoms with van der Waals surface area (Å²) >= 11 is 0. The van der Waals surface area contributed by atoms with E-state index in [0.717, 1.165) is 50.3 Å². The van der Waals surface area contributed by atoms with Gasteiger partial charge in [-0.15, -0.1) is 0 Å². The molecule has 0 N–H and O–H groups in total. The maximum absolute atomic E-state index is 5.38. The zero-order valence-corrected chi connectivity index (χ0v) is 27.8. The fourth-order valence-electron chi connectivity index (χ4n) is 7.39. The van der Waals surface area contributed by atoms with Gasteiger partial charge in [0, 0.05) is 38.4 Å². The molecule has 6 heteroatoms. The van der Waals surface area contributed by atoms with Gasteiger partial charge in [0.1, 0.15) is 11.5 Å². The summed E-state index contributed by atoms with van der Waals surface area (Å²) in [6.45, 7) is 2.11. The van der Waals surface area contributed by atoms with E-state index in [0.29, 0.717) is 23.2 Å². The number of pyridine rings is 1. The molecule has 6 aromatic carbocycles. The Morgan fingerprint density at radius 2 is 0.863 bits per heavy atom. The van der Waals surface area contributed by atoms with Crippen LogP contribution in [0.2, 0.25) is 0 Å². The van der Waals surface area contributed by atoms with Gasteiger partial charge in [0.2, 0.25) is 0 Å². The summed E-state index contributed by atoms with van der Waals surface area (Å²) in [5.41, 5.74) is 9.17. The van der Waals surface area contributed by atoms with Crippen LogP contribution >= 0.6 is 0 Å². The van der Waals surface area contributed by atoms with E-state index in [1.165, 1.54) is 21.5 Å². The van der Waals surface area contributed by atoms with Gasteiger partial charge < -0.3 is 4.57 Å². The van der Waals surface area contributed by atoms with Gasteiger partial charge in [-0.2, -0.15) is 0 Å². The molecule has 0 aliphatic heterocycles. The van der Waals surface area contributed by atoms with Crippen molar-refractivity contribution >= 4 is 43.6 Å². The monoisotopic (exact) mass is 654 g/mol. The Balaban J connectivity index is 1.29. The van der Waals surface area contributed by atoms with Crippen molar-refractivity contribution in [3.8, 4) is 45.8 Å². The second-order valence-electron chi connectivity index (χ2n) is 12.8. The SMILES string of the molecule is Cc1cc(-c2nc(-c3ccccc3)nc(-c3ccccc3)n2)nc(-n2c3ccccc3c3ccc4c5ccccc5n(-c5ccccc5)c4c32)c1. The predicted molar refractivity (Wildman–Crippen MR) is 207 cm³/mol. The molecule has 0 bridgehead atoms. The first-order valence-electron chi connectivity index (χ1n) is 17.1. The number of rotatable bonds is 5. The van der Waals surface area contributed by atoms with Crippen LogP contribution in [-0.4, -0.2) is 29.1 Å². The standard InChI is InChI=1S/C45H30N6/c1-29-27-37(45-48-43(30-15-5-2-6-16-30)47-44(49-45)31-17-7-3-8-18-31)46-40(28-29)51-39-24-14-12-22-34(39)36-26-25-35-33-21-11-13-23-38(33)50(41(35)42(36)51)32-19-9-4-10-20-32/h2-28H,1H3. The third-order valence-corrected chi connectivity index (χ3v) is 9.60. The summed E-state index contributed by atoms with van der Waals surface area (Å²) in [6, 6.07) is 56.7. The van der Waals surface area contributed by atoms with Gasteiger partial charge in [-0.05, 0) is 48.9 Å². The molecule has 240 valence electrons. The number of nitrogens with zero attached hydrogens (tertiary/aromatic N) is 6. The minimum absolute atomic E-state index is 0.525. The van der Waals surface area contributed by atoms with Gasteiger partial charge >= 0.3 is 0 Å². The van der Waals surface area contributed by atoms with Crippen molar-refractivity contribution in [1.29, 1.82) is 0 Å². The van der Waals surface area contributed by atoms with E-state index in [4.69, 9.17) is 19.9 Å². The van der Waals surface area contributed by atoms with Crippen LogP contribution < -0.4 is 0 Å². The first-order chi connectivity index (χ1) is 25.2. The van der Waals surface area contributed by atoms with Gasteiger partial charge in [0.15, 0.2) is 17.5 Å². The molecule has 0 saturated heterocycles. The maximum Gasteiger partial charge on any atom is 0.182 e. The highest BCUT2D eigenvalue weighted by Gasteiger charge is 2.22. The van der Waals surface area contributed by atoms with Crippen LogP contribution in [0.4, 0.5) is 0 Å². The van der Waals surface area contributed by atoms with Gasteiger partial charge in [-0.1, -0.05) is 127 Å². The van der Waals surface area contributed by atoms with E-state index in [9.17, 15) is 0 Å². The lowest BCUT2D eigenvalue weighted by Gasteiger charge is -2.14.